The lowest BCUT2D eigenvalue weighted by Gasteiger charge is -2.25. The summed E-state index contributed by atoms with van der Waals surface area (Å²) in [6, 6.07) is 3.24. The molecule has 0 spiro atoms. The van der Waals surface area contributed by atoms with Crippen molar-refractivity contribution < 1.29 is 19.3 Å². The molecule has 8 heteroatoms. The maximum absolute atomic E-state index is 12.4. The average molecular weight is 305 g/mol. The standard InChI is InChI=1S/C14H15N3O5/c1-2-3-12(13(19)15-8-18)16-7-9-6-10(17(21)22)4-5-11(9)14(16)20/h4-6,8,12H,2-3,7H2,1H3,(H,15,18,19). The SMILES string of the molecule is CCCC(C(=O)NC=O)N1Cc2cc([N+](=O)[O-])ccc2C1=O. The number of non-ortho nitro benzene ring substituents is 1. The average Bonchev–Trinajstić information content (AvgIpc) is 2.81. The lowest BCUT2D eigenvalue weighted by molar-refractivity contribution is -0.384. The van der Waals surface area contributed by atoms with Crippen molar-refractivity contribution in [2.45, 2.75) is 32.4 Å². The van der Waals surface area contributed by atoms with E-state index in [0.717, 1.165) is 0 Å². The van der Waals surface area contributed by atoms with Gasteiger partial charge in [0, 0.05) is 24.2 Å². The summed E-state index contributed by atoms with van der Waals surface area (Å²) in [6.07, 6.45) is 1.34. The van der Waals surface area contributed by atoms with Crippen LogP contribution in [0.5, 0.6) is 0 Å². The molecule has 2 rings (SSSR count). The van der Waals surface area contributed by atoms with Gasteiger partial charge in [0.25, 0.3) is 11.6 Å². The number of fused-ring (bicyclic) bond motifs is 1. The van der Waals surface area contributed by atoms with Crippen molar-refractivity contribution >= 4 is 23.9 Å². The molecule has 0 saturated heterocycles. The highest BCUT2D eigenvalue weighted by Gasteiger charge is 2.36. The first-order valence-corrected chi connectivity index (χ1v) is 6.82. The number of hydrogen-bond acceptors (Lipinski definition) is 5. The summed E-state index contributed by atoms with van der Waals surface area (Å²) in [5, 5.41) is 12.9. The Morgan fingerprint density at radius 1 is 1.55 bits per heavy atom. The normalized spacial score (nSPS) is 14.4. The topological polar surface area (TPSA) is 110 Å². The molecule has 1 aliphatic rings. The van der Waals surface area contributed by atoms with Gasteiger partial charge in [0.15, 0.2) is 0 Å². The number of nitro benzene ring substituents is 1. The van der Waals surface area contributed by atoms with E-state index >= 15 is 0 Å². The summed E-state index contributed by atoms with van der Waals surface area (Å²) in [7, 11) is 0. The zero-order valence-corrected chi connectivity index (χ0v) is 11.9. The van der Waals surface area contributed by atoms with Crippen molar-refractivity contribution in [2.75, 3.05) is 0 Å². The zero-order chi connectivity index (χ0) is 16.3. The Kier molecular flexibility index (Phi) is 4.50. The third-order valence-electron chi connectivity index (χ3n) is 3.57. The van der Waals surface area contributed by atoms with Gasteiger partial charge in [-0.25, -0.2) is 0 Å². The van der Waals surface area contributed by atoms with Gasteiger partial charge in [-0.3, -0.25) is 29.8 Å². The van der Waals surface area contributed by atoms with Crippen molar-refractivity contribution in [3.05, 3.63) is 39.4 Å². The Morgan fingerprint density at radius 3 is 2.86 bits per heavy atom. The lowest BCUT2D eigenvalue weighted by Crippen LogP contribution is -2.46. The maximum Gasteiger partial charge on any atom is 0.269 e. The van der Waals surface area contributed by atoms with Crippen molar-refractivity contribution in [3.8, 4) is 0 Å². The quantitative estimate of drug-likeness (QED) is 0.479. The van der Waals surface area contributed by atoms with Crippen LogP contribution >= 0.6 is 0 Å². The molecular formula is C14H15N3O5. The molecule has 3 amide bonds. The number of hydrogen-bond donors (Lipinski definition) is 1. The molecule has 0 aliphatic carbocycles. The van der Waals surface area contributed by atoms with Gasteiger partial charge in [-0.2, -0.15) is 0 Å². The van der Waals surface area contributed by atoms with Crippen molar-refractivity contribution in [1.29, 1.82) is 0 Å². The number of imide groups is 1. The number of nitrogens with zero attached hydrogens (tertiary/aromatic N) is 2. The second kappa shape index (κ2) is 6.33. The van der Waals surface area contributed by atoms with Gasteiger partial charge in [0.1, 0.15) is 6.04 Å². The molecule has 0 radical (unpaired) electrons. The minimum atomic E-state index is -0.769. The van der Waals surface area contributed by atoms with E-state index in [1.165, 1.54) is 23.1 Å². The molecule has 0 saturated carbocycles. The lowest BCUT2D eigenvalue weighted by atomic mass is 10.1. The first-order chi connectivity index (χ1) is 10.5. The fraction of sp³-hybridized carbons (Fsp3) is 0.357. The van der Waals surface area contributed by atoms with Crippen molar-refractivity contribution in [3.63, 3.8) is 0 Å². The monoisotopic (exact) mass is 305 g/mol. The zero-order valence-electron chi connectivity index (χ0n) is 11.9. The van der Waals surface area contributed by atoms with Gasteiger partial charge >= 0.3 is 0 Å². The summed E-state index contributed by atoms with van der Waals surface area (Å²) in [6.45, 7) is 1.98. The van der Waals surface area contributed by atoms with Crippen molar-refractivity contribution in [2.24, 2.45) is 0 Å². The molecule has 1 atom stereocenters. The largest absolute Gasteiger partial charge is 0.322 e. The molecule has 0 bridgehead atoms. The number of nitrogens with one attached hydrogen (secondary N) is 1. The van der Waals surface area contributed by atoms with Gasteiger partial charge < -0.3 is 4.90 Å². The van der Waals surface area contributed by atoms with Gasteiger partial charge in [-0.05, 0) is 18.1 Å². The Bertz CT molecular complexity index is 643. The van der Waals surface area contributed by atoms with Crippen LogP contribution in [0.3, 0.4) is 0 Å². The summed E-state index contributed by atoms with van der Waals surface area (Å²) in [5.41, 5.74) is 0.766. The molecule has 116 valence electrons. The van der Waals surface area contributed by atoms with E-state index in [-0.39, 0.29) is 24.5 Å². The fourth-order valence-corrected chi connectivity index (χ4v) is 2.55. The number of nitro groups is 1. The Hall–Kier alpha value is -2.77. The van der Waals surface area contributed by atoms with Crippen LogP contribution in [0.15, 0.2) is 18.2 Å². The molecule has 1 N–H and O–H groups in total. The van der Waals surface area contributed by atoms with E-state index in [1.54, 1.807) is 0 Å². The molecule has 0 fully saturated rings. The minimum absolute atomic E-state index is 0.0993. The smallest absolute Gasteiger partial charge is 0.269 e. The Morgan fingerprint density at radius 2 is 2.27 bits per heavy atom. The summed E-state index contributed by atoms with van der Waals surface area (Å²) in [5.74, 6) is -0.906. The van der Waals surface area contributed by atoms with Gasteiger partial charge in [0.05, 0.1) is 4.92 Å². The third-order valence-corrected chi connectivity index (χ3v) is 3.57. The van der Waals surface area contributed by atoms with E-state index in [4.69, 9.17) is 0 Å². The fourth-order valence-electron chi connectivity index (χ4n) is 2.55. The molecule has 1 aromatic rings. The highest BCUT2D eigenvalue weighted by Crippen LogP contribution is 2.29. The van der Waals surface area contributed by atoms with E-state index in [9.17, 15) is 24.5 Å². The van der Waals surface area contributed by atoms with Gasteiger partial charge in [0.2, 0.25) is 12.3 Å². The van der Waals surface area contributed by atoms with Crippen LogP contribution in [0.1, 0.15) is 35.7 Å². The predicted molar refractivity (Wildman–Crippen MR) is 75.9 cm³/mol. The number of benzene rings is 1. The van der Waals surface area contributed by atoms with Crippen LogP contribution in [-0.2, 0) is 16.1 Å². The highest BCUT2D eigenvalue weighted by atomic mass is 16.6. The maximum atomic E-state index is 12.4. The molecule has 22 heavy (non-hydrogen) atoms. The van der Waals surface area contributed by atoms with Crippen LogP contribution in [-0.4, -0.2) is 34.1 Å². The molecule has 1 aliphatic heterocycles. The molecule has 1 heterocycles. The third kappa shape index (κ3) is 2.80. The van der Waals surface area contributed by atoms with Gasteiger partial charge in [-0.1, -0.05) is 13.3 Å². The summed E-state index contributed by atoms with van der Waals surface area (Å²) >= 11 is 0. The summed E-state index contributed by atoms with van der Waals surface area (Å²) < 4.78 is 0. The Labute approximate surface area is 126 Å². The first kappa shape index (κ1) is 15.6. The van der Waals surface area contributed by atoms with Crippen LogP contribution in [0, 0.1) is 10.1 Å². The van der Waals surface area contributed by atoms with Crippen molar-refractivity contribution in [1.82, 2.24) is 10.2 Å². The van der Waals surface area contributed by atoms with E-state index < -0.39 is 16.9 Å². The number of carbonyl (C=O) groups is 3. The van der Waals surface area contributed by atoms with Crippen LogP contribution < -0.4 is 5.32 Å². The minimum Gasteiger partial charge on any atom is -0.322 e. The number of carbonyl (C=O) groups excluding carboxylic acids is 3. The summed E-state index contributed by atoms with van der Waals surface area (Å²) in [4.78, 5) is 46.4. The predicted octanol–water partition coefficient (Wildman–Crippen LogP) is 0.992. The number of rotatable bonds is 6. The van der Waals surface area contributed by atoms with E-state index in [0.29, 0.717) is 24.0 Å². The molecule has 8 nitrogen and oxygen atoms in total. The molecule has 1 aromatic carbocycles. The van der Waals surface area contributed by atoms with Gasteiger partial charge in [-0.15, -0.1) is 0 Å². The molecule has 0 aromatic heterocycles. The van der Waals surface area contributed by atoms with Crippen LogP contribution in [0.25, 0.3) is 0 Å². The first-order valence-electron chi connectivity index (χ1n) is 6.82. The van der Waals surface area contributed by atoms with Crippen LogP contribution in [0.4, 0.5) is 5.69 Å². The second-order valence-corrected chi connectivity index (χ2v) is 4.96. The van der Waals surface area contributed by atoms with Crippen LogP contribution in [0.2, 0.25) is 0 Å². The Balaban J connectivity index is 2.30. The highest BCUT2D eigenvalue weighted by molar-refractivity contribution is 6.02. The number of amides is 3. The molecular weight excluding hydrogens is 290 g/mol. The second-order valence-electron chi connectivity index (χ2n) is 4.96. The molecule has 1 unspecified atom stereocenters. The van der Waals surface area contributed by atoms with E-state index in [2.05, 4.69) is 5.32 Å². The van der Waals surface area contributed by atoms with E-state index in [1.807, 2.05) is 6.92 Å².